The third-order valence-electron chi connectivity index (χ3n) is 7.87. The molecule has 0 atom stereocenters. The van der Waals surface area contributed by atoms with E-state index >= 15 is 0 Å². The summed E-state index contributed by atoms with van der Waals surface area (Å²) < 4.78 is 2.25. The summed E-state index contributed by atoms with van der Waals surface area (Å²) in [6.45, 7) is 4.47. The second kappa shape index (κ2) is 10.5. The van der Waals surface area contributed by atoms with Crippen molar-refractivity contribution >= 4 is 21.8 Å². The van der Waals surface area contributed by atoms with Gasteiger partial charge in [0.25, 0.3) is 0 Å². The van der Waals surface area contributed by atoms with Gasteiger partial charge in [-0.15, -0.1) is 0 Å². The third-order valence-corrected chi connectivity index (χ3v) is 7.87. The Hall–Kier alpha value is -5.09. The lowest BCUT2D eigenvalue weighted by molar-refractivity contribution is 0.947. The smallest absolute Gasteiger partial charge is 0.238 e. The Labute approximate surface area is 240 Å². The molecule has 41 heavy (non-hydrogen) atoms. The molecule has 4 heteroatoms. The maximum absolute atomic E-state index is 5.12. The summed E-state index contributed by atoms with van der Waals surface area (Å²) in [5.74, 6) is 1.94. The summed E-state index contributed by atoms with van der Waals surface area (Å²) in [4.78, 5) is 15.2. The summed E-state index contributed by atoms with van der Waals surface area (Å²) in [5.41, 5.74) is 9.36. The third kappa shape index (κ3) is 4.29. The number of aromatic nitrogens is 4. The number of fused-ring (bicyclic) bond motifs is 3. The zero-order valence-electron chi connectivity index (χ0n) is 23.3. The van der Waals surface area contributed by atoms with Gasteiger partial charge in [0.15, 0.2) is 11.6 Å². The highest BCUT2D eigenvalue weighted by atomic mass is 15.2. The van der Waals surface area contributed by atoms with Crippen LogP contribution in [0.25, 0.3) is 61.7 Å². The van der Waals surface area contributed by atoms with E-state index in [1.165, 1.54) is 33.0 Å². The number of nitrogens with zero attached hydrogens (tertiary/aromatic N) is 4. The van der Waals surface area contributed by atoms with Gasteiger partial charge in [-0.2, -0.15) is 9.97 Å². The van der Waals surface area contributed by atoms with Gasteiger partial charge in [-0.3, -0.25) is 4.57 Å². The Morgan fingerprint density at radius 3 is 1.78 bits per heavy atom. The predicted molar refractivity (Wildman–Crippen MR) is 169 cm³/mol. The highest BCUT2D eigenvalue weighted by Crippen LogP contribution is 2.39. The van der Waals surface area contributed by atoms with Gasteiger partial charge in [0, 0.05) is 21.9 Å². The van der Waals surface area contributed by atoms with Crippen molar-refractivity contribution in [3.8, 4) is 39.9 Å². The summed E-state index contributed by atoms with van der Waals surface area (Å²) in [6.07, 6.45) is 1.86. The van der Waals surface area contributed by atoms with Crippen molar-refractivity contribution in [3.05, 3.63) is 132 Å². The molecule has 0 bridgehead atoms. The van der Waals surface area contributed by atoms with E-state index in [0.717, 1.165) is 35.0 Å². The van der Waals surface area contributed by atoms with Gasteiger partial charge in [0.05, 0.1) is 11.0 Å². The van der Waals surface area contributed by atoms with Crippen LogP contribution in [0, 0.1) is 0 Å². The molecule has 0 radical (unpaired) electrons. The van der Waals surface area contributed by atoms with Crippen molar-refractivity contribution in [3.63, 3.8) is 0 Å². The molecule has 0 aliphatic heterocycles. The molecule has 0 N–H and O–H groups in total. The van der Waals surface area contributed by atoms with Crippen LogP contribution in [0.2, 0.25) is 0 Å². The quantitative estimate of drug-likeness (QED) is 0.215. The molecule has 7 rings (SSSR count). The highest BCUT2D eigenvalue weighted by molar-refractivity contribution is 6.11. The number of hydrogen-bond acceptors (Lipinski definition) is 3. The fourth-order valence-corrected chi connectivity index (χ4v) is 5.93. The Bertz CT molecular complexity index is 1950. The van der Waals surface area contributed by atoms with Crippen LogP contribution in [0.3, 0.4) is 0 Å². The van der Waals surface area contributed by atoms with E-state index in [1.807, 2.05) is 36.4 Å². The minimum Gasteiger partial charge on any atom is -0.277 e. The molecule has 0 fully saturated rings. The fraction of sp³-hybridized carbons (Fsp3) is 0.108. The van der Waals surface area contributed by atoms with Crippen LogP contribution in [0.1, 0.15) is 25.0 Å². The molecule has 0 amide bonds. The van der Waals surface area contributed by atoms with Crippen LogP contribution in [-0.2, 0) is 12.8 Å². The van der Waals surface area contributed by atoms with Gasteiger partial charge in [0.2, 0.25) is 5.95 Å². The van der Waals surface area contributed by atoms with Crippen LogP contribution in [0.4, 0.5) is 0 Å². The van der Waals surface area contributed by atoms with Crippen molar-refractivity contribution in [1.82, 2.24) is 19.5 Å². The molecule has 0 aliphatic rings. The first-order valence-corrected chi connectivity index (χ1v) is 14.3. The summed E-state index contributed by atoms with van der Waals surface area (Å²) in [5, 5.41) is 2.40. The van der Waals surface area contributed by atoms with Gasteiger partial charge in [-0.05, 0) is 41.2 Å². The molecule has 0 saturated heterocycles. The molecule has 4 nitrogen and oxygen atoms in total. The lowest BCUT2D eigenvalue weighted by Gasteiger charge is -2.16. The SMILES string of the molecule is CCc1ccccc1-c1ccc2c3ccccc3n(-c3nc(-c4ccccc4)nc(-c4ccccc4)n3)c2c1CC. The van der Waals surface area contributed by atoms with Crippen LogP contribution in [0.5, 0.6) is 0 Å². The van der Waals surface area contributed by atoms with Crippen LogP contribution in [0.15, 0.2) is 121 Å². The first kappa shape index (κ1) is 24.9. The maximum Gasteiger partial charge on any atom is 0.238 e. The number of hydrogen-bond donors (Lipinski definition) is 0. The van der Waals surface area contributed by atoms with E-state index in [9.17, 15) is 0 Å². The summed E-state index contributed by atoms with van der Waals surface area (Å²) in [7, 11) is 0. The van der Waals surface area contributed by atoms with E-state index in [4.69, 9.17) is 15.0 Å². The molecule has 0 saturated carbocycles. The van der Waals surface area contributed by atoms with E-state index < -0.39 is 0 Å². The van der Waals surface area contributed by atoms with Crippen molar-refractivity contribution in [2.75, 3.05) is 0 Å². The molecule has 0 unspecified atom stereocenters. The van der Waals surface area contributed by atoms with E-state index in [1.54, 1.807) is 0 Å². The minimum atomic E-state index is 0.625. The average molecular weight is 531 g/mol. The monoisotopic (exact) mass is 530 g/mol. The normalized spacial score (nSPS) is 11.4. The van der Waals surface area contributed by atoms with Gasteiger partial charge in [-0.1, -0.05) is 129 Å². The van der Waals surface area contributed by atoms with Crippen molar-refractivity contribution < 1.29 is 0 Å². The molecule has 0 aliphatic carbocycles. The molecule has 5 aromatic carbocycles. The number of benzene rings is 5. The number of rotatable bonds is 6. The van der Waals surface area contributed by atoms with Gasteiger partial charge in [-0.25, -0.2) is 4.98 Å². The second-order valence-corrected chi connectivity index (χ2v) is 10.2. The zero-order chi connectivity index (χ0) is 27.8. The molecule has 2 aromatic heterocycles. The van der Waals surface area contributed by atoms with Crippen LogP contribution in [-0.4, -0.2) is 19.5 Å². The molecular formula is C37H30N4. The highest BCUT2D eigenvalue weighted by Gasteiger charge is 2.21. The molecule has 198 valence electrons. The fourth-order valence-electron chi connectivity index (χ4n) is 5.93. The van der Waals surface area contributed by atoms with Gasteiger partial charge in [0.1, 0.15) is 0 Å². The largest absolute Gasteiger partial charge is 0.277 e. The lowest BCUT2D eigenvalue weighted by atomic mass is 9.91. The second-order valence-electron chi connectivity index (χ2n) is 10.2. The first-order chi connectivity index (χ1) is 20.3. The zero-order valence-corrected chi connectivity index (χ0v) is 23.3. The molecule has 0 spiro atoms. The topological polar surface area (TPSA) is 43.6 Å². The van der Waals surface area contributed by atoms with E-state index in [0.29, 0.717) is 17.6 Å². The molecule has 2 heterocycles. The summed E-state index contributed by atoms with van der Waals surface area (Å²) in [6, 6.07) is 42.2. The van der Waals surface area contributed by atoms with Gasteiger partial charge < -0.3 is 0 Å². The standard InChI is InChI=1S/C37H30N4/c1-3-25-15-11-12-20-29(25)30-23-24-32-31-21-13-14-22-33(31)41(34(32)28(30)4-2)37-39-35(26-16-7-5-8-17-26)38-36(40-37)27-18-9-6-10-19-27/h5-24H,3-4H2,1-2H3. The van der Waals surface area contributed by atoms with Crippen molar-refractivity contribution in [1.29, 1.82) is 0 Å². The summed E-state index contributed by atoms with van der Waals surface area (Å²) >= 11 is 0. The number of para-hydroxylation sites is 1. The minimum absolute atomic E-state index is 0.625. The predicted octanol–water partition coefficient (Wildman–Crippen LogP) is 9.09. The van der Waals surface area contributed by atoms with Crippen LogP contribution < -0.4 is 0 Å². The van der Waals surface area contributed by atoms with Crippen molar-refractivity contribution in [2.24, 2.45) is 0 Å². The molecule has 7 aromatic rings. The number of aryl methyl sites for hydroxylation is 2. The first-order valence-electron chi connectivity index (χ1n) is 14.3. The Kier molecular flexibility index (Phi) is 6.36. The maximum atomic E-state index is 5.12. The van der Waals surface area contributed by atoms with E-state index in [-0.39, 0.29) is 0 Å². The average Bonchev–Trinajstić information content (AvgIpc) is 3.39. The van der Waals surface area contributed by atoms with Gasteiger partial charge >= 0.3 is 0 Å². The Balaban J connectivity index is 1.59. The molecular weight excluding hydrogens is 500 g/mol. The Morgan fingerprint density at radius 1 is 0.512 bits per heavy atom. The Morgan fingerprint density at radius 2 is 1.12 bits per heavy atom. The van der Waals surface area contributed by atoms with E-state index in [2.05, 4.69) is 103 Å². The lowest BCUT2D eigenvalue weighted by Crippen LogP contribution is -2.07. The van der Waals surface area contributed by atoms with Crippen LogP contribution >= 0.6 is 0 Å². The van der Waals surface area contributed by atoms with Crippen molar-refractivity contribution in [2.45, 2.75) is 26.7 Å².